The zero-order valence-electron chi connectivity index (χ0n) is 11.5. The molecule has 1 aromatic heterocycles. The first-order valence-corrected chi connectivity index (χ1v) is 7.18. The summed E-state index contributed by atoms with van der Waals surface area (Å²) in [5.41, 5.74) is 1.33. The van der Waals surface area contributed by atoms with Crippen molar-refractivity contribution in [2.45, 2.75) is 18.8 Å². The first-order valence-electron chi connectivity index (χ1n) is 7.18. The van der Waals surface area contributed by atoms with Gasteiger partial charge in [0.15, 0.2) is 0 Å². The number of ether oxygens (including phenoxy) is 1. The molecule has 0 saturated heterocycles. The molecule has 1 aliphatic heterocycles. The number of anilines is 1. The largest absolute Gasteiger partial charge is 0.490 e. The SMILES string of the molecule is O=C(c1cnc(C2CC2)nc1)N1CCOc2ccccc21. The first-order chi connectivity index (χ1) is 10.3. The number of benzene rings is 1. The van der Waals surface area contributed by atoms with E-state index in [9.17, 15) is 4.79 Å². The Kier molecular flexibility index (Phi) is 2.84. The van der Waals surface area contributed by atoms with Crippen LogP contribution >= 0.6 is 0 Å². The molecule has 1 fully saturated rings. The highest BCUT2D eigenvalue weighted by molar-refractivity contribution is 6.06. The van der Waals surface area contributed by atoms with Gasteiger partial charge in [-0.25, -0.2) is 9.97 Å². The van der Waals surface area contributed by atoms with E-state index in [1.54, 1.807) is 17.3 Å². The van der Waals surface area contributed by atoms with Gasteiger partial charge in [0.05, 0.1) is 17.8 Å². The van der Waals surface area contributed by atoms with E-state index in [0.717, 1.165) is 30.1 Å². The Bertz CT molecular complexity index is 680. The van der Waals surface area contributed by atoms with Crippen LogP contribution in [0.25, 0.3) is 0 Å². The first kappa shape index (κ1) is 12.3. The average Bonchev–Trinajstić information content (AvgIpc) is 3.39. The van der Waals surface area contributed by atoms with Gasteiger partial charge in [0, 0.05) is 18.3 Å². The topological polar surface area (TPSA) is 55.3 Å². The van der Waals surface area contributed by atoms with Crippen LogP contribution in [0.1, 0.15) is 34.9 Å². The van der Waals surface area contributed by atoms with E-state index >= 15 is 0 Å². The lowest BCUT2D eigenvalue weighted by molar-refractivity contribution is 0.0976. The van der Waals surface area contributed by atoms with Crippen molar-refractivity contribution in [1.82, 2.24) is 9.97 Å². The highest BCUT2D eigenvalue weighted by Crippen LogP contribution is 2.37. The van der Waals surface area contributed by atoms with E-state index in [1.165, 1.54) is 0 Å². The summed E-state index contributed by atoms with van der Waals surface area (Å²) in [5.74, 6) is 2.02. The fourth-order valence-electron chi connectivity index (χ4n) is 2.54. The number of amides is 1. The smallest absolute Gasteiger partial charge is 0.261 e. The molecule has 0 atom stereocenters. The number of nitrogens with zero attached hydrogens (tertiary/aromatic N) is 3. The maximum Gasteiger partial charge on any atom is 0.261 e. The summed E-state index contributed by atoms with van der Waals surface area (Å²) in [4.78, 5) is 23.0. The molecule has 0 spiro atoms. The van der Waals surface area contributed by atoms with Crippen LogP contribution in [0.5, 0.6) is 5.75 Å². The molecule has 106 valence electrons. The van der Waals surface area contributed by atoms with Crippen LogP contribution in [0.15, 0.2) is 36.7 Å². The van der Waals surface area contributed by atoms with Crippen LogP contribution in [0.2, 0.25) is 0 Å². The summed E-state index contributed by atoms with van der Waals surface area (Å²) in [5, 5.41) is 0. The van der Waals surface area contributed by atoms with Crippen LogP contribution in [-0.4, -0.2) is 29.0 Å². The maximum absolute atomic E-state index is 12.6. The third-order valence-corrected chi connectivity index (χ3v) is 3.83. The fraction of sp³-hybridized carbons (Fsp3) is 0.312. The lowest BCUT2D eigenvalue weighted by atomic mass is 10.2. The zero-order valence-corrected chi connectivity index (χ0v) is 11.5. The molecule has 0 radical (unpaired) electrons. The van der Waals surface area contributed by atoms with Crippen molar-refractivity contribution in [3.05, 3.63) is 48.0 Å². The van der Waals surface area contributed by atoms with Gasteiger partial charge in [-0.3, -0.25) is 4.79 Å². The summed E-state index contributed by atoms with van der Waals surface area (Å²) in [6.07, 6.45) is 5.59. The van der Waals surface area contributed by atoms with Gasteiger partial charge >= 0.3 is 0 Å². The standard InChI is InChI=1S/C16H15N3O2/c20-16(12-9-17-15(18-10-12)11-5-6-11)19-7-8-21-14-4-2-1-3-13(14)19/h1-4,9-11H,5-8H2. The summed E-state index contributed by atoms with van der Waals surface area (Å²) < 4.78 is 5.57. The van der Waals surface area contributed by atoms with Gasteiger partial charge in [0.2, 0.25) is 0 Å². The lowest BCUT2D eigenvalue weighted by Gasteiger charge is -2.29. The number of hydrogen-bond donors (Lipinski definition) is 0. The van der Waals surface area contributed by atoms with Crippen molar-refractivity contribution in [2.75, 3.05) is 18.1 Å². The van der Waals surface area contributed by atoms with Gasteiger partial charge in [0.1, 0.15) is 18.2 Å². The molecule has 2 aromatic rings. The second kappa shape index (κ2) is 4.84. The van der Waals surface area contributed by atoms with Crippen molar-refractivity contribution < 1.29 is 9.53 Å². The highest BCUT2D eigenvalue weighted by atomic mass is 16.5. The van der Waals surface area contributed by atoms with Gasteiger partial charge < -0.3 is 9.64 Å². The van der Waals surface area contributed by atoms with Crippen molar-refractivity contribution in [3.63, 3.8) is 0 Å². The predicted molar refractivity (Wildman–Crippen MR) is 77.6 cm³/mol. The Labute approximate surface area is 122 Å². The average molecular weight is 281 g/mol. The van der Waals surface area contributed by atoms with Crippen molar-refractivity contribution >= 4 is 11.6 Å². The second-order valence-corrected chi connectivity index (χ2v) is 5.38. The van der Waals surface area contributed by atoms with Gasteiger partial charge in [-0.2, -0.15) is 0 Å². The van der Waals surface area contributed by atoms with Gasteiger partial charge in [0.25, 0.3) is 5.91 Å². The molecule has 1 aliphatic carbocycles. The zero-order chi connectivity index (χ0) is 14.2. The molecule has 1 saturated carbocycles. The van der Waals surface area contributed by atoms with E-state index in [-0.39, 0.29) is 5.91 Å². The lowest BCUT2D eigenvalue weighted by Crippen LogP contribution is -2.38. The minimum Gasteiger partial charge on any atom is -0.490 e. The van der Waals surface area contributed by atoms with E-state index in [1.807, 2.05) is 24.3 Å². The Morgan fingerprint density at radius 1 is 1.19 bits per heavy atom. The molecule has 2 heterocycles. The molecule has 5 nitrogen and oxygen atoms in total. The molecule has 4 rings (SSSR count). The molecule has 0 N–H and O–H groups in total. The Balaban J connectivity index is 1.62. The van der Waals surface area contributed by atoms with Gasteiger partial charge in [-0.15, -0.1) is 0 Å². The number of para-hydroxylation sites is 2. The van der Waals surface area contributed by atoms with Crippen LogP contribution in [-0.2, 0) is 0 Å². The summed E-state index contributed by atoms with van der Waals surface area (Å²) >= 11 is 0. The van der Waals surface area contributed by atoms with Crippen LogP contribution in [0.4, 0.5) is 5.69 Å². The van der Waals surface area contributed by atoms with Crippen molar-refractivity contribution in [1.29, 1.82) is 0 Å². The molecular weight excluding hydrogens is 266 g/mol. The molecule has 1 aromatic carbocycles. The minimum atomic E-state index is -0.0758. The van der Waals surface area contributed by atoms with Crippen molar-refractivity contribution in [2.24, 2.45) is 0 Å². The summed E-state index contributed by atoms with van der Waals surface area (Å²) in [6, 6.07) is 7.58. The van der Waals surface area contributed by atoms with Crippen molar-refractivity contribution in [3.8, 4) is 5.75 Å². The molecule has 1 amide bonds. The fourth-order valence-corrected chi connectivity index (χ4v) is 2.54. The third kappa shape index (κ3) is 2.24. The van der Waals surface area contributed by atoms with E-state index < -0.39 is 0 Å². The highest BCUT2D eigenvalue weighted by Gasteiger charge is 2.28. The third-order valence-electron chi connectivity index (χ3n) is 3.83. The number of fused-ring (bicyclic) bond motifs is 1. The maximum atomic E-state index is 12.6. The molecular formula is C16H15N3O2. The number of hydrogen-bond acceptors (Lipinski definition) is 4. The summed E-state index contributed by atoms with van der Waals surface area (Å²) in [7, 11) is 0. The van der Waals surface area contributed by atoms with Crippen LogP contribution in [0.3, 0.4) is 0 Å². The van der Waals surface area contributed by atoms with Crippen LogP contribution < -0.4 is 9.64 Å². The number of carbonyl (C=O) groups excluding carboxylic acids is 1. The Morgan fingerprint density at radius 3 is 2.71 bits per heavy atom. The number of rotatable bonds is 2. The number of carbonyl (C=O) groups is 1. The van der Waals surface area contributed by atoms with E-state index in [4.69, 9.17) is 4.74 Å². The Morgan fingerprint density at radius 2 is 1.95 bits per heavy atom. The minimum absolute atomic E-state index is 0.0758. The molecule has 5 heteroatoms. The van der Waals surface area contributed by atoms with E-state index in [0.29, 0.717) is 24.6 Å². The number of aromatic nitrogens is 2. The van der Waals surface area contributed by atoms with E-state index in [2.05, 4.69) is 9.97 Å². The Hall–Kier alpha value is -2.43. The normalized spacial score (nSPS) is 17.0. The molecule has 21 heavy (non-hydrogen) atoms. The van der Waals surface area contributed by atoms with Gasteiger partial charge in [-0.1, -0.05) is 12.1 Å². The monoisotopic (exact) mass is 281 g/mol. The molecule has 0 bridgehead atoms. The summed E-state index contributed by atoms with van der Waals surface area (Å²) in [6.45, 7) is 1.05. The van der Waals surface area contributed by atoms with Gasteiger partial charge in [-0.05, 0) is 25.0 Å². The molecule has 2 aliphatic rings. The second-order valence-electron chi connectivity index (χ2n) is 5.38. The predicted octanol–water partition coefficient (Wildman–Crippen LogP) is 2.39. The molecule has 0 unspecified atom stereocenters. The quantitative estimate of drug-likeness (QED) is 0.848. The van der Waals surface area contributed by atoms with Crippen LogP contribution in [0, 0.1) is 0 Å².